The van der Waals surface area contributed by atoms with Crippen LogP contribution in [-0.2, 0) is 26.1 Å². The Morgan fingerprint density at radius 2 is 1.75 bits per heavy atom. The lowest BCUT2D eigenvalue weighted by Gasteiger charge is -2.36. The summed E-state index contributed by atoms with van der Waals surface area (Å²) in [5.41, 5.74) is 9.00. The molecule has 1 aromatic heterocycles. The predicted octanol–water partition coefficient (Wildman–Crippen LogP) is 2.69. The Kier molecular flexibility index (Phi) is 6.56. The maximum Gasteiger partial charge on any atom is 0.355 e. The van der Waals surface area contributed by atoms with Crippen molar-refractivity contribution in [2.45, 2.75) is 12.8 Å². The Morgan fingerprint density at radius 1 is 1.06 bits per heavy atom. The molecule has 0 fully saturated rings. The minimum atomic E-state index is -0.934. The van der Waals surface area contributed by atoms with Crippen molar-refractivity contribution in [3.8, 4) is 17.5 Å². The number of rotatable bonds is 5. The number of ether oxygens (including phenoxy) is 2. The van der Waals surface area contributed by atoms with Gasteiger partial charge in [0.15, 0.2) is 5.82 Å². The van der Waals surface area contributed by atoms with Crippen LogP contribution >= 0.6 is 0 Å². The Morgan fingerprint density at radius 3 is 2.33 bits per heavy atom. The summed E-state index contributed by atoms with van der Waals surface area (Å²) in [5.74, 6) is -1.93. The highest BCUT2D eigenvalue weighted by atomic mass is 16.5. The molecule has 182 valence electrons. The molecule has 1 aliphatic rings. The first-order chi connectivity index (χ1) is 17.3. The van der Waals surface area contributed by atoms with Crippen LogP contribution in [0.4, 0.5) is 5.69 Å². The molecule has 0 radical (unpaired) electrons. The summed E-state index contributed by atoms with van der Waals surface area (Å²) in [5, 5.41) is 18.3. The average Bonchev–Trinajstić information content (AvgIpc) is 3.33. The summed E-state index contributed by atoms with van der Waals surface area (Å²) < 4.78 is 11.9. The molecule has 2 heterocycles. The van der Waals surface area contributed by atoms with Gasteiger partial charge in [0.25, 0.3) is 0 Å². The van der Waals surface area contributed by atoms with Gasteiger partial charge in [0, 0.05) is 12.6 Å². The van der Waals surface area contributed by atoms with E-state index in [1.165, 1.54) is 19.1 Å². The lowest BCUT2D eigenvalue weighted by molar-refractivity contribution is -0.139. The standard InChI is InChI=1S/C26H24N6O4/c1-15-17(24-30-29-14-31(24)2)11-8-12-19(15)32-22(26(34)36-4)21(25(33)35-3)20(18(13-27)23(32)28)16-9-6-5-7-10-16/h5-12,14,20H,28H2,1-4H3. The van der Waals surface area contributed by atoms with E-state index in [4.69, 9.17) is 15.2 Å². The molecule has 2 N–H and O–H groups in total. The van der Waals surface area contributed by atoms with Gasteiger partial charge in [0.05, 0.1) is 43.0 Å². The molecule has 0 bridgehead atoms. The Bertz CT molecular complexity index is 1450. The first-order valence-corrected chi connectivity index (χ1v) is 10.9. The van der Waals surface area contributed by atoms with Gasteiger partial charge in [0.2, 0.25) is 0 Å². The number of benzene rings is 2. The van der Waals surface area contributed by atoms with E-state index in [1.54, 1.807) is 47.3 Å². The van der Waals surface area contributed by atoms with Crippen LogP contribution in [-0.4, -0.2) is 40.9 Å². The van der Waals surface area contributed by atoms with Crippen LogP contribution in [0.25, 0.3) is 11.4 Å². The van der Waals surface area contributed by atoms with Gasteiger partial charge in [-0.3, -0.25) is 4.90 Å². The third kappa shape index (κ3) is 3.86. The first-order valence-electron chi connectivity index (χ1n) is 10.9. The van der Waals surface area contributed by atoms with E-state index >= 15 is 0 Å². The van der Waals surface area contributed by atoms with Crippen molar-refractivity contribution < 1.29 is 19.1 Å². The Labute approximate surface area is 207 Å². The molecule has 0 spiro atoms. The minimum Gasteiger partial charge on any atom is -0.466 e. The van der Waals surface area contributed by atoms with Gasteiger partial charge in [-0.25, -0.2) is 9.59 Å². The molecule has 0 aliphatic carbocycles. The third-order valence-corrected chi connectivity index (χ3v) is 6.11. The second-order valence-corrected chi connectivity index (χ2v) is 8.05. The van der Waals surface area contributed by atoms with Gasteiger partial charge < -0.3 is 19.8 Å². The molecule has 1 aliphatic heterocycles. The number of hydrogen-bond acceptors (Lipinski definition) is 9. The lowest BCUT2D eigenvalue weighted by Crippen LogP contribution is -2.41. The summed E-state index contributed by atoms with van der Waals surface area (Å²) in [6.07, 6.45) is 1.57. The van der Waals surface area contributed by atoms with Crippen LogP contribution in [0.15, 0.2) is 77.5 Å². The number of hydrogen-bond donors (Lipinski definition) is 1. The van der Waals surface area contributed by atoms with Crippen LogP contribution in [0, 0.1) is 18.3 Å². The molecule has 1 atom stereocenters. The average molecular weight is 485 g/mol. The van der Waals surface area contributed by atoms with Crippen molar-refractivity contribution >= 4 is 17.6 Å². The molecule has 4 rings (SSSR count). The fourth-order valence-corrected chi connectivity index (χ4v) is 4.40. The van der Waals surface area contributed by atoms with Crippen molar-refractivity contribution in [2.75, 3.05) is 19.1 Å². The molecule has 10 heteroatoms. The normalized spacial score (nSPS) is 15.5. The number of carbonyl (C=O) groups is 2. The minimum absolute atomic E-state index is 0.00220. The monoisotopic (exact) mass is 484 g/mol. The van der Waals surface area contributed by atoms with Gasteiger partial charge in [0.1, 0.15) is 17.8 Å². The van der Waals surface area contributed by atoms with Gasteiger partial charge in [-0.2, -0.15) is 5.26 Å². The number of methoxy groups -OCH3 is 2. The molecule has 10 nitrogen and oxygen atoms in total. The van der Waals surface area contributed by atoms with E-state index in [2.05, 4.69) is 16.3 Å². The van der Waals surface area contributed by atoms with Crippen LogP contribution in [0.2, 0.25) is 0 Å². The zero-order valence-corrected chi connectivity index (χ0v) is 20.2. The van der Waals surface area contributed by atoms with E-state index in [0.29, 0.717) is 22.6 Å². The van der Waals surface area contributed by atoms with Crippen LogP contribution < -0.4 is 10.6 Å². The molecule has 0 saturated heterocycles. The topological polar surface area (TPSA) is 136 Å². The number of aromatic nitrogens is 3. The van der Waals surface area contributed by atoms with E-state index in [9.17, 15) is 14.9 Å². The summed E-state index contributed by atoms with van der Waals surface area (Å²) in [6.45, 7) is 1.83. The molecule has 0 saturated carbocycles. The second kappa shape index (κ2) is 9.76. The number of nitrogens with two attached hydrogens (primary N) is 1. The number of nitriles is 1. The highest BCUT2D eigenvalue weighted by Crippen LogP contribution is 2.44. The molecular formula is C26H24N6O4. The van der Waals surface area contributed by atoms with E-state index in [0.717, 1.165) is 5.56 Å². The van der Waals surface area contributed by atoms with Crippen molar-refractivity contribution in [3.05, 3.63) is 88.6 Å². The maximum absolute atomic E-state index is 13.3. The van der Waals surface area contributed by atoms with Crippen molar-refractivity contribution in [3.63, 3.8) is 0 Å². The van der Waals surface area contributed by atoms with Gasteiger partial charge in [-0.15, -0.1) is 10.2 Å². The number of carbonyl (C=O) groups excluding carboxylic acids is 2. The number of allylic oxidation sites excluding steroid dienone is 1. The van der Waals surface area contributed by atoms with Gasteiger partial charge in [-0.1, -0.05) is 42.5 Å². The van der Waals surface area contributed by atoms with Crippen molar-refractivity contribution in [1.29, 1.82) is 5.26 Å². The smallest absolute Gasteiger partial charge is 0.355 e. The van der Waals surface area contributed by atoms with E-state index in [-0.39, 0.29) is 22.7 Å². The van der Waals surface area contributed by atoms with E-state index < -0.39 is 17.9 Å². The van der Waals surface area contributed by atoms with Crippen molar-refractivity contribution in [1.82, 2.24) is 14.8 Å². The highest BCUT2D eigenvalue weighted by molar-refractivity contribution is 6.06. The predicted molar refractivity (Wildman–Crippen MR) is 131 cm³/mol. The lowest BCUT2D eigenvalue weighted by atomic mass is 9.80. The molecule has 1 unspecified atom stereocenters. The molecule has 2 aromatic carbocycles. The highest BCUT2D eigenvalue weighted by Gasteiger charge is 2.43. The number of aryl methyl sites for hydroxylation is 1. The Balaban J connectivity index is 2.07. The van der Waals surface area contributed by atoms with Crippen LogP contribution in [0.1, 0.15) is 17.0 Å². The van der Waals surface area contributed by atoms with Crippen LogP contribution in [0.5, 0.6) is 0 Å². The number of nitrogens with zero attached hydrogens (tertiary/aromatic N) is 5. The maximum atomic E-state index is 13.3. The fourth-order valence-electron chi connectivity index (χ4n) is 4.40. The summed E-state index contributed by atoms with van der Waals surface area (Å²) >= 11 is 0. The SMILES string of the molecule is COC(=O)C1=C(C(=O)OC)N(c2cccc(-c3nncn3C)c2C)C(N)=C(C#N)C1c1ccccc1. The number of esters is 2. The largest absolute Gasteiger partial charge is 0.466 e. The van der Waals surface area contributed by atoms with E-state index in [1.807, 2.05) is 26.1 Å². The van der Waals surface area contributed by atoms with Gasteiger partial charge >= 0.3 is 11.9 Å². The van der Waals surface area contributed by atoms with Crippen molar-refractivity contribution in [2.24, 2.45) is 12.8 Å². The summed E-state index contributed by atoms with van der Waals surface area (Å²) in [4.78, 5) is 27.8. The summed E-state index contributed by atoms with van der Waals surface area (Å²) in [6, 6.07) is 16.4. The molecule has 3 aromatic rings. The molecular weight excluding hydrogens is 460 g/mol. The zero-order chi connectivity index (χ0) is 26.0. The fraction of sp³-hybridized carbons (Fsp3) is 0.192. The third-order valence-electron chi connectivity index (χ3n) is 6.11. The molecule has 36 heavy (non-hydrogen) atoms. The quantitative estimate of drug-likeness (QED) is 0.542. The Hall–Kier alpha value is -4.91. The summed E-state index contributed by atoms with van der Waals surface area (Å²) in [7, 11) is 4.23. The van der Waals surface area contributed by atoms with Gasteiger partial charge in [-0.05, 0) is 24.1 Å². The zero-order valence-electron chi connectivity index (χ0n) is 20.2. The number of anilines is 1. The van der Waals surface area contributed by atoms with Crippen LogP contribution in [0.3, 0.4) is 0 Å². The molecule has 0 amide bonds. The second-order valence-electron chi connectivity index (χ2n) is 8.05. The first kappa shape index (κ1) is 24.2.